The topological polar surface area (TPSA) is 79.5 Å². The first-order chi connectivity index (χ1) is 9.81. The summed E-state index contributed by atoms with van der Waals surface area (Å²) in [4.78, 5) is 23.4. The van der Waals surface area contributed by atoms with E-state index in [-0.39, 0.29) is 11.5 Å². The van der Waals surface area contributed by atoms with Crippen LogP contribution in [0.4, 0.5) is 5.69 Å². The maximum atomic E-state index is 12.4. The summed E-state index contributed by atoms with van der Waals surface area (Å²) in [5, 5.41) is 11.8. The fourth-order valence-electron chi connectivity index (χ4n) is 2.20. The molecule has 0 unspecified atom stereocenters. The van der Waals surface area contributed by atoms with Gasteiger partial charge in [-0.3, -0.25) is 4.79 Å². The van der Waals surface area contributed by atoms with Crippen LogP contribution in [0.3, 0.4) is 0 Å². The molecule has 0 aliphatic rings. The van der Waals surface area contributed by atoms with Crippen LogP contribution in [0, 0.1) is 27.7 Å². The molecule has 2 aromatic rings. The van der Waals surface area contributed by atoms with Crippen LogP contribution >= 0.6 is 0 Å². The molecule has 21 heavy (non-hydrogen) atoms. The van der Waals surface area contributed by atoms with E-state index >= 15 is 0 Å². The third-order valence-electron chi connectivity index (χ3n) is 3.52. The summed E-state index contributed by atoms with van der Waals surface area (Å²) in [5.41, 5.74) is 2.69. The minimum Gasteiger partial charge on any atom is -0.478 e. The van der Waals surface area contributed by atoms with Crippen LogP contribution in [0.5, 0.6) is 0 Å². The first kappa shape index (κ1) is 14.8. The van der Waals surface area contributed by atoms with E-state index < -0.39 is 5.97 Å². The average molecular weight is 287 g/mol. The Morgan fingerprint density at radius 3 is 2.29 bits per heavy atom. The zero-order valence-corrected chi connectivity index (χ0v) is 12.4. The number of aryl methyl sites for hydroxylation is 3. The van der Waals surface area contributed by atoms with Gasteiger partial charge in [0.25, 0.3) is 5.91 Å². The SMILES string of the molecule is Cc1ccc(C(=O)O)cc1NC(=O)c1c(C)oc(C)c1C. The summed E-state index contributed by atoms with van der Waals surface area (Å²) in [6, 6.07) is 4.62. The Hall–Kier alpha value is -2.56. The van der Waals surface area contributed by atoms with E-state index in [9.17, 15) is 9.59 Å². The van der Waals surface area contributed by atoms with Crippen molar-refractivity contribution < 1.29 is 19.1 Å². The number of carbonyl (C=O) groups is 2. The summed E-state index contributed by atoms with van der Waals surface area (Å²) < 4.78 is 5.44. The first-order valence-electron chi connectivity index (χ1n) is 6.53. The maximum Gasteiger partial charge on any atom is 0.335 e. The molecule has 0 spiro atoms. The van der Waals surface area contributed by atoms with Gasteiger partial charge in [0.2, 0.25) is 0 Å². The molecule has 0 aliphatic carbocycles. The standard InChI is InChI=1S/C16H17NO4/c1-8-5-6-12(16(19)20)7-13(8)17-15(18)14-9(2)10(3)21-11(14)4/h5-7H,1-4H3,(H,17,18)(H,19,20). The molecular weight excluding hydrogens is 270 g/mol. The van der Waals surface area contributed by atoms with Gasteiger partial charge in [-0.25, -0.2) is 4.79 Å². The van der Waals surface area contributed by atoms with Crippen molar-refractivity contribution in [3.63, 3.8) is 0 Å². The molecule has 110 valence electrons. The molecule has 0 aliphatic heterocycles. The number of carbonyl (C=O) groups excluding carboxylic acids is 1. The summed E-state index contributed by atoms with van der Waals surface area (Å²) in [5.74, 6) is -0.0762. The monoisotopic (exact) mass is 287 g/mol. The van der Waals surface area contributed by atoms with Crippen LogP contribution in [0.15, 0.2) is 22.6 Å². The van der Waals surface area contributed by atoms with Crippen LogP contribution in [0.2, 0.25) is 0 Å². The Balaban J connectivity index is 2.35. The third-order valence-corrected chi connectivity index (χ3v) is 3.52. The average Bonchev–Trinajstić information content (AvgIpc) is 2.65. The number of amides is 1. The van der Waals surface area contributed by atoms with Crippen LogP contribution in [0.25, 0.3) is 0 Å². The Morgan fingerprint density at radius 2 is 1.76 bits per heavy atom. The number of hydrogen-bond acceptors (Lipinski definition) is 3. The van der Waals surface area contributed by atoms with Gasteiger partial charge in [0.15, 0.2) is 0 Å². The van der Waals surface area contributed by atoms with Crippen molar-refractivity contribution in [3.05, 3.63) is 52.0 Å². The van der Waals surface area contributed by atoms with Gasteiger partial charge in [-0.05, 0) is 45.4 Å². The molecule has 0 saturated heterocycles. The normalized spacial score (nSPS) is 10.5. The van der Waals surface area contributed by atoms with E-state index in [1.165, 1.54) is 12.1 Å². The Bertz CT molecular complexity index is 728. The van der Waals surface area contributed by atoms with Crippen molar-refractivity contribution in [2.75, 3.05) is 5.32 Å². The number of furan rings is 1. The van der Waals surface area contributed by atoms with Crippen molar-refractivity contribution in [1.82, 2.24) is 0 Å². The van der Waals surface area contributed by atoms with E-state index in [1.807, 2.05) is 13.8 Å². The van der Waals surface area contributed by atoms with Crippen LogP contribution in [-0.2, 0) is 0 Å². The number of benzene rings is 1. The Kier molecular flexibility index (Phi) is 3.84. The molecule has 2 rings (SSSR count). The zero-order chi connectivity index (χ0) is 15.7. The lowest BCUT2D eigenvalue weighted by Crippen LogP contribution is -2.15. The van der Waals surface area contributed by atoms with Gasteiger partial charge in [-0.2, -0.15) is 0 Å². The lowest BCUT2D eigenvalue weighted by molar-refractivity contribution is 0.0696. The smallest absolute Gasteiger partial charge is 0.335 e. The van der Waals surface area contributed by atoms with Gasteiger partial charge in [0.1, 0.15) is 11.5 Å². The number of carboxylic acids is 1. The van der Waals surface area contributed by atoms with Gasteiger partial charge in [-0.15, -0.1) is 0 Å². The molecule has 1 aromatic heterocycles. The largest absolute Gasteiger partial charge is 0.478 e. The van der Waals surface area contributed by atoms with Gasteiger partial charge < -0.3 is 14.8 Å². The fourth-order valence-corrected chi connectivity index (χ4v) is 2.20. The highest BCUT2D eigenvalue weighted by Crippen LogP contribution is 2.23. The molecule has 1 heterocycles. The molecular formula is C16H17NO4. The lowest BCUT2D eigenvalue weighted by Gasteiger charge is -2.09. The summed E-state index contributed by atoms with van der Waals surface area (Å²) in [6.07, 6.45) is 0. The third kappa shape index (κ3) is 2.81. The predicted molar refractivity (Wildman–Crippen MR) is 79.0 cm³/mol. The van der Waals surface area contributed by atoms with Crippen molar-refractivity contribution in [2.45, 2.75) is 27.7 Å². The number of aromatic carboxylic acids is 1. The summed E-state index contributed by atoms with van der Waals surface area (Å²) in [7, 11) is 0. The predicted octanol–water partition coefficient (Wildman–Crippen LogP) is 3.46. The molecule has 0 radical (unpaired) electrons. The van der Waals surface area contributed by atoms with Crippen molar-refractivity contribution in [2.24, 2.45) is 0 Å². The van der Waals surface area contributed by atoms with Crippen molar-refractivity contribution in [3.8, 4) is 0 Å². The van der Waals surface area contributed by atoms with Gasteiger partial charge in [0, 0.05) is 11.3 Å². The first-order valence-corrected chi connectivity index (χ1v) is 6.53. The highest BCUT2D eigenvalue weighted by atomic mass is 16.4. The van der Waals surface area contributed by atoms with Crippen LogP contribution in [0.1, 0.15) is 43.4 Å². The molecule has 0 bridgehead atoms. The lowest BCUT2D eigenvalue weighted by atomic mass is 10.1. The van der Waals surface area contributed by atoms with E-state index in [0.717, 1.165) is 11.1 Å². The molecule has 2 N–H and O–H groups in total. The van der Waals surface area contributed by atoms with Crippen molar-refractivity contribution in [1.29, 1.82) is 0 Å². The quantitative estimate of drug-likeness (QED) is 0.906. The maximum absolute atomic E-state index is 12.4. The van der Waals surface area contributed by atoms with E-state index in [1.54, 1.807) is 19.9 Å². The van der Waals surface area contributed by atoms with Crippen LogP contribution < -0.4 is 5.32 Å². The molecule has 0 atom stereocenters. The summed E-state index contributed by atoms with van der Waals surface area (Å²) in [6.45, 7) is 7.16. The van der Waals surface area contributed by atoms with Gasteiger partial charge in [-0.1, -0.05) is 6.07 Å². The number of carboxylic acid groups (broad SMARTS) is 1. The van der Waals surface area contributed by atoms with Gasteiger partial charge in [0.05, 0.1) is 11.1 Å². The molecule has 5 heteroatoms. The minimum atomic E-state index is -1.03. The second-order valence-electron chi connectivity index (χ2n) is 5.00. The number of nitrogens with one attached hydrogen (secondary N) is 1. The molecule has 5 nitrogen and oxygen atoms in total. The Labute approximate surface area is 122 Å². The molecule has 1 aromatic carbocycles. The second-order valence-corrected chi connectivity index (χ2v) is 5.00. The highest BCUT2D eigenvalue weighted by Gasteiger charge is 2.19. The van der Waals surface area contributed by atoms with E-state index in [4.69, 9.17) is 9.52 Å². The van der Waals surface area contributed by atoms with E-state index in [0.29, 0.717) is 22.8 Å². The fraction of sp³-hybridized carbons (Fsp3) is 0.250. The minimum absolute atomic E-state index is 0.132. The molecule has 1 amide bonds. The molecule has 0 saturated carbocycles. The highest BCUT2D eigenvalue weighted by molar-refractivity contribution is 6.07. The van der Waals surface area contributed by atoms with E-state index in [2.05, 4.69) is 5.32 Å². The number of anilines is 1. The summed E-state index contributed by atoms with van der Waals surface area (Å²) >= 11 is 0. The van der Waals surface area contributed by atoms with Crippen LogP contribution in [-0.4, -0.2) is 17.0 Å². The number of rotatable bonds is 3. The number of hydrogen-bond donors (Lipinski definition) is 2. The van der Waals surface area contributed by atoms with Gasteiger partial charge >= 0.3 is 5.97 Å². The van der Waals surface area contributed by atoms with Crippen molar-refractivity contribution >= 4 is 17.6 Å². The Morgan fingerprint density at radius 1 is 1.10 bits per heavy atom. The second kappa shape index (κ2) is 5.44. The zero-order valence-electron chi connectivity index (χ0n) is 12.4. The molecule has 0 fully saturated rings.